The van der Waals surface area contributed by atoms with Gasteiger partial charge in [-0.1, -0.05) is 18.2 Å². The van der Waals surface area contributed by atoms with E-state index in [4.69, 9.17) is 5.26 Å². The van der Waals surface area contributed by atoms with E-state index < -0.39 is 5.41 Å². The largest absolute Gasteiger partial charge is 0.235 e. The first-order chi connectivity index (χ1) is 8.80. The lowest BCUT2D eigenvalue weighted by molar-refractivity contribution is 0.744. The Morgan fingerprint density at radius 1 is 1.17 bits per heavy atom. The van der Waals surface area contributed by atoms with Crippen molar-refractivity contribution in [2.75, 3.05) is 0 Å². The third kappa shape index (κ3) is 1.40. The van der Waals surface area contributed by atoms with Gasteiger partial charge in [-0.15, -0.1) is 0 Å². The molecule has 1 saturated carbocycles. The van der Waals surface area contributed by atoms with Crippen LogP contribution >= 0.6 is 0 Å². The van der Waals surface area contributed by atoms with Crippen molar-refractivity contribution >= 4 is 0 Å². The van der Waals surface area contributed by atoms with E-state index >= 15 is 0 Å². The molecule has 1 aliphatic rings. The number of nitrogens with zero attached hydrogens (tertiary/aromatic N) is 4. The van der Waals surface area contributed by atoms with Crippen LogP contribution in [0.1, 0.15) is 24.1 Å². The zero-order valence-electron chi connectivity index (χ0n) is 9.67. The van der Waals surface area contributed by atoms with E-state index in [2.05, 4.69) is 17.2 Å². The van der Waals surface area contributed by atoms with E-state index in [9.17, 15) is 5.26 Å². The topological polar surface area (TPSA) is 65.4 Å². The van der Waals surface area contributed by atoms with E-state index in [0.717, 1.165) is 24.2 Å². The van der Waals surface area contributed by atoms with Crippen LogP contribution in [0.4, 0.5) is 0 Å². The van der Waals surface area contributed by atoms with Crippen molar-refractivity contribution in [1.29, 1.82) is 10.5 Å². The minimum atomic E-state index is -0.516. The number of hydrogen-bond donors (Lipinski definition) is 0. The van der Waals surface area contributed by atoms with Crippen LogP contribution in [-0.2, 0) is 5.41 Å². The maximum Gasteiger partial charge on any atom is 0.103 e. The number of para-hydroxylation sites is 1. The highest BCUT2D eigenvalue weighted by atomic mass is 15.3. The van der Waals surface area contributed by atoms with E-state index in [1.165, 1.54) is 0 Å². The van der Waals surface area contributed by atoms with Crippen molar-refractivity contribution in [2.24, 2.45) is 0 Å². The van der Waals surface area contributed by atoms with Crippen molar-refractivity contribution < 1.29 is 0 Å². The molecular weight excluding hydrogens is 224 g/mol. The van der Waals surface area contributed by atoms with Gasteiger partial charge in [0.15, 0.2) is 0 Å². The molecule has 0 amide bonds. The molecular formula is C14H10N4. The Morgan fingerprint density at radius 3 is 2.44 bits per heavy atom. The first kappa shape index (κ1) is 10.6. The van der Waals surface area contributed by atoms with Gasteiger partial charge in [0.2, 0.25) is 0 Å². The molecule has 0 saturated heterocycles. The molecule has 0 unspecified atom stereocenters. The van der Waals surface area contributed by atoms with Crippen LogP contribution in [0.2, 0.25) is 0 Å². The fraction of sp³-hybridized carbons (Fsp3) is 0.214. The summed E-state index contributed by atoms with van der Waals surface area (Å²) < 4.78 is 1.72. The van der Waals surface area contributed by atoms with Crippen molar-refractivity contribution in [3.05, 3.63) is 47.8 Å². The number of aromatic nitrogens is 2. The summed E-state index contributed by atoms with van der Waals surface area (Å²) in [7, 11) is 0. The molecule has 1 aromatic carbocycles. The molecule has 4 heteroatoms. The van der Waals surface area contributed by atoms with Crippen molar-refractivity contribution in [3.8, 4) is 17.8 Å². The van der Waals surface area contributed by atoms with Crippen LogP contribution < -0.4 is 0 Å². The van der Waals surface area contributed by atoms with Gasteiger partial charge in [-0.3, -0.25) is 0 Å². The van der Waals surface area contributed by atoms with Crippen LogP contribution in [0.5, 0.6) is 0 Å². The molecule has 0 atom stereocenters. The SMILES string of the molecule is N#Cc1cnn(-c2ccccc2)c1C1(C#N)CC1. The van der Waals surface area contributed by atoms with Gasteiger partial charge in [-0.05, 0) is 25.0 Å². The molecule has 0 bridgehead atoms. The molecule has 18 heavy (non-hydrogen) atoms. The van der Waals surface area contributed by atoms with Gasteiger partial charge < -0.3 is 0 Å². The predicted molar refractivity (Wildman–Crippen MR) is 64.8 cm³/mol. The minimum absolute atomic E-state index is 0.498. The summed E-state index contributed by atoms with van der Waals surface area (Å²) in [5.41, 5.74) is 1.60. The highest BCUT2D eigenvalue weighted by molar-refractivity contribution is 5.49. The second-order valence-electron chi connectivity index (χ2n) is 4.46. The number of rotatable bonds is 2. The Labute approximate surface area is 105 Å². The van der Waals surface area contributed by atoms with Crippen molar-refractivity contribution in [1.82, 2.24) is 9.78 Å². The van der Waals surface area contributed by atoms with E-state index in [1.54, 1.807) is 10.9 Å². The lowest BCUT2D eigenvalue weighted by Crippen LogP contribution is -2.13. The molecule has 86 valence electrons. The molecule has 0 aliphatic heterocycles. The Kier molecular flexibility index (Phi) is 2.18. The highest BCUT2D eigenvalue weighted by Gasteiger charge is 2.49. The fourth-order valence-corrected chi connectivity index (χ4v) is 2.18. The Hall–Kier alpha value is -2.59. The molecule has 0 radical (unpaired) electrons. The van der Waals surface area contributed by atoms with Crippen LogP contribution in [0.15, 0.2) is 36.5 Å². The zero-order chi connectivity index (χ0) is 12.6. The molecule has 3 rings (SSSR count). The monoisotopic (exact) mass is 234 g/mol. The Balaban J connectivity index is 2.22. The van der Waals surface area contributed by atoms with Gasteiger partial charge >= 0.3 is 0 Å². The Bertz CT molecular complexity index is 666. The highest BCUT2D eigenvalue weighted by Crippen LogP contribution is 2.49. The lowest BCUT2D eigenvalue weighted by Gasteiger charge is -2.11. The summed E-state index contributed by atoms with van der Waals surface area (Å²) in [4.78, 5) is 0. The molecule has 1 aliphatic carbocycles. The van der Waals surface area contributed by atoms with E-state index in [0.29, 0.717) is 5.56 Å². The van der Waals surface area contributed by atoms with Crippen LogP contribution in [-0.4, -0.2) is 9.78 Å². The number of hydrogen-bond acceptors (Lipinski definition) is 3. The summed E-state index contributed by atoms with van der Waals surface area (Å²) in [6.45, 7) is 0. The lowest BCUT2D eigenvalue weighted by atomic mass is 10.0. The van der Waals surface area contributed by atoms with E-state index in [1.807, 2.05) is 30.3 Å². The van der Waals surface area contributed by atoms with Gasteiger partial charge in [0, 0.05) is 0 Å². The average molecular weight is 234 g/mol. The summed E-state index contributed by atoms with van der Waals surface area (Å²) in [6, 6.07) is 14.1. The third-order valence-corrected chi connectivity index (χ3v) is 3.31. The normalized spacial score (nSPS) is 15.7. The van der Waals surface area contributed by atoms with Gasteiger partial charge in [0.25, 0.3) is 0 Å². The van der Waals surface area contributed by atoms with Gasteiger partial charge in [0.1, 0.15) is 11.5 Å². The van der Waals surface area contributed by atoms with Crippen molar-refractivity contribution in [2.45, 2.75) is 18.3 Å². The van der Waals surface area contributed by atoms with Crippen LogP contribution in [0.25, 0.3) is 5.69 Å². The summed E-state index contributed by atoms with van der Waals surface area (Å²) in [5, 5.41) is 22.7. The number of benzene rings is 1. The molecule has 0 N–H and O–H groups in total. The maximum absolute atomic E-state index is 9.32. The first-order valence-corrected chi connectivity index (χ1v) is 5.76. The second kappa shape index (κ2) is 3.72. The summed E-state index contributed by atoms with van der Waals surface area (Å²) >= 11 is 0. The molecule has 2 aromatic rings. The van der Waals surface area contributed by atoms with Gasteiger partial charge in [0.05, 0.1) is 29.2 Å². The summed E-state index contributed by atoms with van der Waals surface area (Å²) in [5.74, 6) is 0. The third-order valence-electron chi connectivity index (χ3n) is 3.31. The smallest absolute Gasteiger partial charge is 0.103 e. The molecule has 1 fully saturated rings. The van der Waals surface area contributed by atoms with Crippen LogP contribution in [0, 0.1) is 22.7 Å². The molecule has 0 spiro atoms. The molecule has 4 nitrogen and oxygen atoms in total. The Morgan fingerprint density at radius 2 is 1.89 bits per heavy atom. The molecule has 1 aromatic heterocycles. The number of nitriles is 2. The fourth-order valence-electron chi connectivity index (χ4n) is 2.18. The predicted octanol–water partition coefficient (Wildman–Crippen LogP) is 2.30. The summed E-state index contributed by atoms with van der Waals surface area (Å²) in [6.07, 6.45) is 3.15. The second-order valence-corrected chi connectivity index (χ2v) is 4.46. The van der Waals surface area contributed by atoms with Gasteiger partial charge in [-0.2, -0.15) is 15.6 Å². The zero-order valence-corrected chi connectivity index (χ0v) is 9.67. The van der Waals surface area contributed by atoms with Crippen LogP contribution in [0.3, 0.4) is 0 Å². The standard InChI is InChI=1S/C14H10N4/c15-8-11-9-17-18(12-4-2-1-3-5-12)13(11)14(10-16)6-7-14/h1-5,9H,6-7H2. The van der Waals surface area contributed by atoms with Gasteiger partial charge in [-0.25, -0.2) is 4.68 Å². The maximum atomic E-state index is 9.32. The first-order valence-electron chi connectivity index (χ1n) is 5.76. The molecule has 1 heterocycles. The minimum Gasteiger partial charge on any atom is -0.235 e. The average Bonchev–Trinajstić information content (AvgIpc) is 3.11. The van der Waals surface area contributed by atoms with E-state index in [-0.39, 0.29) is 0 Å². The van der Waals surface area contributed by atoms with Crippen molar-refractivity contribution in [3.63, 3.8) is 0 Å². The quantitative estimate of drug-likeness (QED) is 0.800.